The van der Waals surface area contributed by atoms with E-state index in [0.29, 0.717) is 0 Å². The van der Waals surface area contributed by atoms with E-state index in [1.54, 1.807) is 0 Å². The molecule has 0 fully saturated rings. The lowest BCUT2D eigenvalue weighted by Crippen LogP contribution is -1.78. The summed E-state index contributed by atoms with van der Waals surface area (Å²) in [5, 5.41) is 0. The molecule has 0 aromatic rings. The topological polar surface area (TPSA) is 0 Å². The van der Waals surface area contributed by atoms with Crippen LogP contribution in [0.15, 0.2) is 10.8 Å². The standard InChI is InChI=1S/C9H15.C2H3.ClH.Mg/c1-3-5-7-9-8-6-4-2;1-2;;/h3,5-9H2,1H3;1H,2H2;1H;. The van der Waals surface area contributed by atoms with E-state index in [2.05, 4.69) is 23.5 Å². The third kappa shape index (κ3) is 15.1. The first-order valence-electron chi connectivity index (χ1n) is 4.98. The van der Waals surface area contributed by atoms with Gasteiger partial charge < -0.3 is 0 Å². The highest BCUT2D eigenvalue weighted by Gasteiger charge is 1.85. The Morgan fingerprint density at radius 1 is 1.23 bits per heavy atom. The minimum absolute atomic E-state index is 0. The van der Waals surface area contributed by atoms with Crippen LogP contribution < -0.4 is 0 Å². The van der Waals surface area contributed by atoms with Gasteiger partial charge in [-0.2, -0.15) is 4.21 Å². The quantitative estimate of drug-likeness (QED) is 0.358. The van der Waals surface area contributed by atoms with Gasteiger partial charge in [0, 0.05) is 6.42 Å². The van der Waals surface area contributed by atoms with Crippen molar-refractivity contribution in [1.82, 2.24) is 0 Å². The van der Waals surface area contributed by atoms with Gasteiger partial charge in [-0.15, -0.1) is 24.9 Å². The van der Waals surface area contributed by atoms with Gasteiger partial charge >= 0.3 is 20.4 Å². The van der Waals surface area contributed by atoms with Gasteiger partial charge in [-0.3, -0.25) is 4.05 Å². The Balaban J connectivity index is 0. The van der Waals surface area contributed by atoms with Crippen molar-refractivity contribution in [1.29, 1.82) is 0 Å². The van der Waals surface area contributed by atoms with Crippen LogP contribution in [0.1, 0.15) is 45.4 Å². The lowest BCUT2D eigenvalue weighted by Gasteiger charge is -1.94. The molecule has 0 nitrogen and oxygen atoms in total. The highest BCUT2D eigenvalue weighted by molar-refractivity contribution is 6.51. The van der Waals surface area contributed by atoms with Crippen LogP contribution in [0.2, 0.25) is 0 Å². The predicted octanol–water partition coefficient (Wildman–Crippen LogP) is 3.58. The average molecular weight is 211 g/mol. The zero-order valence-corrected chi connectivity index (χ0v) is 10.9. The molecule has 72 valence electrons. The summed E-state index contributed by atoms with van der Waals surface area (Å²) in [4.78, 5) is 0. The minimum Gasteiger partial charge on any atom is -0.268 e. The molecule has 0 spiro atoms. The molecule has 0 aromatic carbocycles. The molecule has 0 radical (unpaired) electrons. The van der Waals surface area contributed by atoms with E-state index in [4.69, 9.17) is 0 Å². The summed E-state index contributed by atoms with van der Waals surface area (Å²) in [7, 11) is 0. The molecule has 0 aliphatic heterocycles. The van der Waals surface area contributed by atoms with Crippen molar-refractivity contribution in [3.63, 3.8) is 0 Å². The number of unbranched alkanes of at least 4 members (excludes halogenated alkanes) is 5. The Hall–Kier alpha value is 0.356. The highest BCUT2D eigenvalue weighted by Crippen LogP contribution is 2.03. The van der Waals surface area contributed by atoms with Gasteiger partial charge in [0.25, 0.3) is 0 Å². The van der Waals surface area contributed by atoms with Crippen molar-refractivity contribution in [2.45, 2.75) is 45.4 Å². The van der Waals surface area contributed by atoms with Crippen molar-refractivity contribution < 1.29 is 0 Å². The predicted molar refractivity (Wildman–Crippen MR) is 64.4 cm³/mol. The summed E-state index contributed by atoms with van der Waals surface area (Å²) in [5.41, 5.74) is 0. The fourth-order valence-corrected chi connectivity index (χ4v) is 1.52. The minimum atomic E-state index is -0.219. The Morgan fingerprint density at radius 3 is 2.54 bits per heavy atom. The molecular formula is C11H19ClMg. The van der Waals surface area contributed by atoms with Gasteiger partial charge in [0.1, 0.15) is 0 Å². The first-order valence-corrected chi connectivity index (χ1v) is 6.50. The fourth-order valence-electron chi connectivity index (χ4n) is 1.05. The van der Waals surface area contributed by atoms with Crippen LogP contribution in [-0.4, -0.2) is 20.4 Å². The third-order valence-corrected chi connectivity index (χ3v) is 2.52. The maximum atomic E-state index is 3.68. The largest absolute Gasteiger partial charge is 0.507 e. The van der Waals surface area contributed by atoms with E-state index >= 15 is 0 Å². The molecular weight excluding hydrogens is 192 g/mol. The molecule has 0 rings (SSSR count). The number of rotatable bonds is 6. The molecule has 0 N–H and O–H groups in total. The molecule has 0 unspecified atom stereocenters. The molecule has 13 heavy (non-hydrogen) atoms. The average Bonchev–Trinajstić information content (AvgIpc) is 2.10. The van der Waals surface area contributed by atoms with Crippen molar-refractivity contribution in [3.05, 3.63) is 10.8 Å². The van der Waals surface area contributed by atoms with Gasteiger partial charge in [-0.05, 0) is 6.42 Å². The normalized spacial score (nSPS) is 7.46. The Kier molecular flexibility index (Phi) is 18.1. The first kappa shape index (κ1) is 15.8. The summed E-state index contributed by atoms with van der Waals surface area (Å²) in [6.45, 7) is 5.92. The van der Waals surface area contributed by atoms with Crippen LogP contribution in [0.5, 0.6) is 0 Å². The Morgan fingerprint density at radius 2 is 1.92 bits per heavy atom. The summed E-state index contributed by atoms with van der Waals surface area (Å²) >= 11 is -0.219. The van der Waals surface area contributed by atoms with Crippen LogP contribution in [-0.2, 0) is 0 Å². The van der Waals surface area contributed by atoms with Gasteiger partial charge in [0.2, 0.25) is 0 Å². The molecule has 0 saturated heterocycles. The maximum absolute atomic E-state index is 3.68. The number of hydrogen-bond acceptors (Lipinski definition) is 0. The van der Waals surface area contributed by atoms with Crippen LogP contribution in [0.25, 0.3) is 0 Å². The molecule has 0 atom stereocenters. The maximum Gasteiger partial charge on any atom is 0.507 e. The van der Waals surface area contributed by atoms with Crippen molar-refractivity contribution in [2.24, 2.45) is 0 Å². The second kappa shape index (κ2) is 14.9. The SMILES string of the molecule is C=[CH][Mg][C]#CCCCCCCC.Cl. The second-order valence-corrected chi connectivity index (χ2v) is 4.35. The van der Waals surface area contributed by atoms with Gasteiger partial charge in [-0.1, -0.05) is 32.6 Å². The van der Waals surface area contributed by atoms with E-state index in [0.717, 1.165) is 6.42 Å². The molecule has 0 amide bonds. The van der Waals surface area contributed by atoms with Gasteiger partial charge in [0.05, 0.1) is 0 Å². The molecule has 0 bridgehead atoms. The van der Waals surface area contributed by atoms with Gasteiger partial charge in [-0.25, -0.2) is 0 Å². The molecule has 0 heterocycles. The van der Waals surface area contributed by atoms with Gasteiger partial charge in [0.15, 0.2) is 0 Å². The third-order valence-electron chi connectivity index (χ3n) is 1.78. The summed E-state index contributed by atoms with van der Waals surface area (Å²) in [6, 6.07) is 0. The Bertz CT molecular complexity index is 155. The van der Waals surface area contributed by atoms with E-state index in [1.165, 1.54) is 32.1 Å². The number of hydrogen-bond donors (Lipinski definition) is 0. The van der Waals surface area contributed by atoms with E-state index < -0.39 is 0 Å². The highest BCUT2D eigenvalue weighted by atomic mass is 35.5. The number of halogens is 1. The second-order valence-electron chi connectivity index (χ2n) is 3.01. The van der Waals surface area contributed by atoms with Crippen LogP contribution in [0, 0.1) is 9.97 Å². The zero-order valence-electron chi connectivity index (χ0n) is 8.64. The lowest BCUT2D eigenvalue weighted by atomic mass is 10.1. The smallest absolute Gasteiger partial charge is 0.268 e. The lowest BCUT2D eigenvalue weighted by molar-refractivity contribution is 0.641. The van der Waals surface area contributed by atoms with Crippen molar-refractivity contribution in [2.75, 3.05) is 0 Å². The summed E-state index contributed by atoms with van der Waals surface area (Å²) < 4.78 is 5.19. The molecule has 0 aliphatic rings. The van der Waals surface area contributed by atoms with Crippen molar-refractivity contribution >= 4 is 32.8 Å². The fraction of sp³-hybridized carbons (Fsp3) is 0.636. The summed E-state index contributed by atoms with van der Waals surface area (Å²) in [5.74, 6) is 3.20. The van der Waals surface area contributed by atoms with E-state index in [9.17, 15) is 0 Å². The van der Waals surface area contributed by atoms with Crippen molar-refractivity contribution in [3.8, 4) is 9.97 Å². The molecule has 0 aromatic heterocycles. The first-order chi connectivity index (χ1) is 5.91. The van der Waals surface area contributed by atoms with E-state index in [1.807, 2.05) is 4.21 Å². The van der Waals surface area contributed by atoms with E-state index in [-0.39, 0.29) is 32.8 Å². The monoisotopic (exact) mass is 210 g/mol. The Labute approximate surface area is 98.7 Å². The molecule has 2 heteroatoms. The van der Waals surface area contributed by atoms with Crippen LogP contribution in [0.3, 0.4) is 0 Å². The summed E-state index contributed by atoms with van der Waals surface area (Å²) in [6.07, 6.45) is 7.85. The molecule has 0 aliphatic carbocycles. The zero-order chi connectivity index (χ0) is 9.07. The van der Waals surface area contributed by atoms with Crippen LogP contribution in [0.4, 0.5) is 0 Å². The molecule has 0 saturated carbocycles. The van der Waals surface area contributed by atoms with Crippen LogP contribution >= 0.6 is 12.4 Å².